The first-order valence-electron chi connectivity index (χ1n) is 8.07. The molecule has 0 bridgehead atoms. The SMILES string of the molecule is CN1CC[C@H](O)[C@@]2(CCCN(c3cncc4nccn34)C2)C1. The van der Waals surface area contributed by atoms with Crippen molar-refractivity contribution >= 4 is 11.5 Å². The third kappa shape index (κ3) is 2.18. The summed E-state index contributed by atoms with van der Waals surface area (Å²) in [5.41, 5.74) is 0.854. The van der Waals surface area contributed by atoms with Crippen LogP contribution in [-0.2, 0) is 0 Å². The molecule has 0 saturated carbocycles. The van der Waals surface area contributed by atoms with Crippen molar-refractivity contribution in [3.8, 4) is 0 Å². The topological polar surface area (TPSA) is 56.9 Å². The Bertz CT molecular complexity index is 671. The molecule has 6 nitrogen and oxygen atoms in total. The Balaban J connectivity index is 1.67. The number of hydrogen-bond acceptors (Lipinski definition) is 5. The number of hydrogen-bond donors (Lipinski definition) is 1. The van der Waals surface area contributed by atoms with Gasteiger partial charge in [-0.2, -0.15) is 0 Å². The molecule has 4 rings (SSSR count). The van der Waals surface area contributed by atoms with Crippen LogP contribution in [0.15, 0.2) is 24.8 Å². The summed E-state index contributed by atoms with van der Waals surface area (Å²) in [7, 11) is 2.16. The Kier molecular flexibility index (Phi) is 3.31. The predicted molar refractivity (Wildman–Crippen MR) is 85.0 cm³/mol. The first-order chi connectivity index (χ1) is 10.7. The van der Waals surface area contributed by atoms with E-state index in [1.807, 2.05) is 18.6 Å². The molecular formula is C16H23N5O. The number of imidazole rings is 1. The summed E-state index contributed by atoms with van der Waals surface area (Å²) in [6, 6.07) is 0. The highest BCUT2D eigenvalue weighted by Crippen LogP contribution is 2.39. The van der Waals surface area contributed by atoms with Gasteiger partial charge in [0.25, 0.3) is 0 Å². The fourth-order valence-electron chi connectivity index (χ4n) is 4.20. The summed E-state index contributed by atoms with van der Waals surface area (Å²) in [6.07, 6.45) is 10.4. The zero-order valence-corrected chi connectivity index (χ0v) is 13.0. The van der Waals surface area contributed by atoms with Gasteiger partial charge in [-0.15, -0.1) is 0 Å². The average molecular weight is 301 g/mol. The maximum Gasteiger partial charge on any atom is 0.156 e. The van der Waals surface area contributed by atoms with Crippen molar-refractivity contribution in [1.29, 1.82) is 0 Å². The first-order valence-corrected chi connectivity index (χ1v) is 8.07. The molecule has 1 spiro atoms. The minimum atomic E-state index is -0.207. The van der Waals surface area contributed by atoms with Crippen LogP contribution >= 0.6 is 0 Å². The van der Waals surface area contributed by atoms with Gasteiger partial charge in [-0.1, -0.05) is 0 Å². The Morgan fingerprint density at radius 1 is 1.27 bits per heavy atom. The van der Waals surface area contributed by atoms with Gasteiger partial charge in [-0.3, -0.25) is 9.38 Å². The van der Waals surface area contributed by atoms with E-state index in [2.05, 4.69) is 31.2 Å². The number of fused-ring (bicyclic) bond motifs is 1. The van der Waals surface area contributed by atoms with Crippen molar-refractivity contribution in [2.24, 2.45) is 5.41 Å². The van der Waals surface area contributed by atoms with Crippen LogP contribution in [-0.4, -0.2) is 63.7 Å². The maximum atomic E-state index is 10.7. The average Bonchev–Trinajstić information content (AvgIpc) is 3.00. The van der Waals surface area contributed by atoms with Gasteiger partial charge in [0.2, 0.25) is 0 Å². The Morgan fingerprint density at radius 2 is 2.18 bits per heavy atom. The third-order valence-electron chi connectivity index (χ3n) is 5.30. The van der Waals surface area contributed by atoms with Crippen molar-refractivity contribution in [3.05, 3.63) is 24.8 Å². The quantitative estimate of drug-likeness (QED) is 0.852. The van der Waals surface area contributed by atoms with Gasteiger partial charge in [0.15, 0.2) is 5.65 Å². The van der Waals surface area contributed by atoms with Crippen LogP contribution in [0.3, 0.4) is 0 Å². The lowest BCUT2D eigenvalue weighted by Crippen LogP contribution is -2.58. The summed E-state index contributed by atoms with van der Waals surface area (Å²) in [5.74, 6) is 1.08. The Hall–Kier alpha value is -1.66. The van der Waals surface area contributed by atoms with Gasteiger partial charge < -0.3 is 14.9 Å². The lowest BCUT2D eigenvalue weighted by Gasteiger charge is -2.50. The number of rotatable bonds is 1. The van der Waals surface area contributed by atoms with Crippen LogP contribution in [0.1, 0.15) is 19.3 Å². The summed E-state index contributed by atoms with van der Waals surface area (Å²) < 4.78 is 2.09. The number of nitrogens with zero attached hydrogens (tertiary/aromatic N) is 5. The lowest BCUT2D eigenvalue weighted by molar-refractivity contribution is -0.0466. The molecule has 2 aromatic rings. The van der Waals surface area contributed by atoms with Crippen LogP contribution in [0.5, 0.6) is 0 Å². The molecule has 0 amide bonds. The normalized spacial score (nSPS) is 30.3. The standard InChI is InChI=1S/C16H23N5O/c1-19-7-3-13(22)16(11-19)4-2-6-20(12-16)15-10-17-9-14-18-5-8-21(14)15/h5,8-10,13,22H,2-4,6-7,11-12H2,1H3/t13-,16-/m0/s1. The fraction of sp³-hybridized carbons (Fsp3) is 0.625. The molecule has 2 aliphatic heterocycles. The fourth-order valence-corrected chi connectivity index (χ4v) is 4.20. The second kappa shape index (κ2) is 5.21. The molecule has 0 radical (unpaired) electrons. The predicted octanol–water partition coefficient (Wildman–Crippen LogP) is 1.01. The molecular weight excluding hydrogens is 278 g/mol. The number of aliphatic hydroxyl groups excluding tert-OH is 1. The smallest absolute Gasteiger partial charge is 0.156 e. The minimum absolute atomic E-state index is 0.0198. The molecule has 2 fully saturated rings. The largest absolute Gasteiger partial charge is 0.392 e. The molecule has 22 heavy (non-hydrogen) atoms. The molecule has 2 atom stereocenters. The summed E-state index contributed by atoms with van der Waals surface area (Å²) in [6.45, 7) is 3.86. The van der Waals surface area contributed by atoms with E-state index in [9.17, 15) is 5.11 Å². The van der Waals surface area contributed by atoms with Crippen molar-refractivity contribution in [2.45, 2.75) is 25.4 Å². The first kappa shape index (κ1) is 14.0. The van der Waals surface area contributed by atoms with Crippen LogP contribution in [0.4, 0.5) is 5.82 Å². The van der Waals surface area contributed by atoms with Gasteiger partial charge in [-0.05, 0) is 26.3 Å². The zero-order chi connectivity index (χ0) is 15.2. The minimum Gasteiger partial charge on any atom is -0.392 e. The third-order valence-corrected chi connectivity index (χ3v) is 5.30. The summed E-state index contributed by atoms with van der Waals surface area (Å²) >= 11 is 0. The van der Waals surface area contributed by atoms with E-state index < -0.39 is 0 Å². The van der Waals surface area contributed by atoms with Crippen LogP contribution in [0, 0.1) is 5.41 Å². The van der Waals surface area contributed by atoms with E-state index in [0.717, 1.165) is 56.9 Å². The van der Waals surface area contributed by atoms with E-state index in [1.54, 1.807) is 6.20 Å². The molecule has 0 unspecified atom stereocenters. The molecule has 0 aliphatic carbocycles. The monoisotopic (exact) mass is 301 g/mol. The van der Waals surface area contributed by atoms with Crippen molar-refractivity contribution in [1.82, 2.24) is 19.3 Å². The van der Waals surface area contributed by atoms with E-state index in [1.165, 1.54) is 0 Å². The van der Waals surface area contributed by atoms with Crippen LogP contribution in [0.25, 0.3) is 5.65 Å². The molecule has 2 saturated heterocycles. The van der Waals surface area contributed by atoms with Gasteiger partial charge in [0, 0.05) is 44.0 Å². The number of anilines is 1. The molecule has 4 heterocycles. The zero-order valence-electron chi connectivity index (χ0n) is 13.0. The molecule has 2 aliphatic rings. The van der Waals surface area contributed by atoms with Gasteiger partial charge in [0.1, 0.15) is 5.82 Å². The lowest BCUT2D eigenvalue weighted by atomic mass is 9.71. The molecule has 2 aromatic heterocycles. The van der Waals surface area contributed by atoms with E-state index in [-0.39, 0.29) is 11.5 Å². The molecule has 0 aromatic carbocycles. The highest BCUT2D eigenvalue weighted by molar-refractivity contribution is 5.49. The molecule has 118 valence electrons. The molecule has 1 N–H and O–H groups in total. The van der Waals surface area contributed by atoms with E-state index in [4.69, 9.17) is 0 Å². The van der Waals surface area contributed by atoms with Crippen molar-refractivity contribution < 1.29 is 5.11 Å². The van der Waals surface area contributed by atoms with Gasteiger partial charge in [-0.25, -0.2) is 4.98 Å². The van der Waals surface area contributed by atoms with Gasteiger partial charge >= 0.3 is 0 Å². The number of aromatic nitrogens is 3. The maximum absolute atomic E-state index is 10.7. The van der Waals surface area contributed by atoms with E-state index >= 15 is 0 Å². The van der Waals surface area contributed by atoms with Crippen molar-refractivity contribution in [3.63, 3.8) is 0 Å². The highest BCUT2D eigenvalue weighted by atomic mass is 16.3. The number of piperidine rings is 2. The summed E-state index contributed by atoms with van der Waals surface area (Å²) in [5, 5.41) is 10.7. The van der Waals surface area contributed by atoms with Crippen molar-refractivity contribution in [2.75, 3.05) is 38.1 Å². The van der Waals surface area contributed by atoms with Gasteiger partial charge in [0.05, 0.1) is 18.5 Å². The highest BCUT2D eigenvalue weighted by Gasteiger charge is 2.45. The van der Waals surface area contributed by atoms with Crippen LogP contribution < -0.4 is 4.90 Å². The second-order valence-electron chi connectivity index (χ2n) is 6.85. The Morgan fingerprint density at radius 3 is 3.09 bits per heavy atom. The number of aliphatic hydroxyl groups is 1. The van der Waals surface area contributed by atoms with E-state index in [0.29, 0.717) is 0 Å². The summed E-state index contributed by atoms with van der Waals surface area (Å²) in [4.78, 5) is 13.4. The molecule has 6 heteroatoms. The number of likely N-dealkylation sites (tertiary alicyclic amines) is 1. The van der Waals surface area contributed by atoms with Crippen LogP contribution in [0.2, 0.25) is 0 Å². The Labute approximate surface area is 130 Å². The second-order valence-corrected chi connectivity index (χ2v) is 6.85.